The fourth-order valence-corrected chi connectivity index (χ4v) is 5.41. The van der Waals surface area contributed by atoms with Crippen molar-refractivity contribution in [3.8, 4) is 0 Å². The van der Waals surface area contributed by atoms with Gasteiger partial charge >= 0.3 is 6.18 Å². The maximum atomic E-state index is 13.7. The highest BCUT2D eigenvalue weighted by atomic mass is 31.2. The van der Waals surface area contributed by atoms with Gasteiger partial charge in [-0.2, -0.15) is 13.2 Å². The van der Waals surface area contributed by atoms with Gasteiger partial charge in [-0.3, -0.25) is 0 Å². The molecule has 0 spiro atoms. The van der Waals surface area contributed by atoms with Gasteiger partial charge in [-0.25, -0.2) is 0 Å². The molecule has 23 heavy (non-hydrogen) atoms. The first kappa shape index (κ1) is 17.3. The first-order chi connectivity index (χ1) is 10.8. The summed E-state index contributed by atoms with van der Waals surface area (Å²) in [6, 6.07) is 15.9. The summed E-state index contributed by atoms with van der Waals surface area (Å²) in [5.74, 6) is 0. The van der Waals surface area contributed by atoms with Gasteiger partial charge in [0.2, 0.25) is 0 Å². The van der Waals surface area contributed by atoms with E-state index in [0.717, 1.165) is 0 Å². The van der Waals surface area contributed by atoms with E-state index in [-0.39, 0.29) is 10.6 Å². The highest BCUT2D eigenvalue weighted by Crippen LogP contribution is 2.50. The largest absolute Gasteiger partial charge is 0.433 e. The molecule has 0 aliphatic rings. The number of oxime groups is 1. The number of nitrogens with zero attached hydrogens (tertiary/aromatic N) is 1. The fraction of sp³-hybridized carbons (Fsp3) is 0.188. The lowest BCUT2D eigenvalue weighted by atomic mass is 10.3. The molecule has 0 aliphatic heterocycles. The van der Waals surface area contributed by atoms with Crippen molar-refractivity contribution < 1.29 is 22.9 Å². The Balaban J connectivity index is 2.67. The molecule has 122 valence electrons. The van der Waals surface area contributed by atoms with Crippen LogP contribution in [0, 0.1) is 0 Å². The molecule has 3 nitrogen and oxygen atoms in total. The van der Waals surface area contributed by atoms with E-state index >= 15 is 0 Å². The molecule has 2 aromatic carbocycles. The predicted molar refractivity (Wildman–Crippen MR) is 84.5 cm³/mol. The Kier molecular flexibility index (Phi) is 4.95. The SMILES string of the molecule is CC(/C(=N/O)C(F)(F)F)P(=O)(c1ccccc1)c1ccccc1. The highest BCUT2D eigenvalue weighted by Gasteiger charge is 2.48. The normalized spacial score (nSPS) is 14.5. The van der Waals surface area contributed by atoms with Crippen LogP contribution >= 0.6 is 7.14 Å². The van der Waals surface area contributed by atoms with Crippen molar-refractivity contribution in [2.75, 3.05) is 0 Å². The topological polar surface area (TPSA) is 49.7 Å². The second-order valence-electron chi connectivity index (χ2n) is 4.99. The van der Waals surface area contributed by atoms with E-state index < -0.39 is 24.7 Å². The molecule has 2 aromatic rings. The van der Waals surface area contributed by atoms with Crippen LogP contribution in [0.15, 0.2) is 65.8 Å². The standard InChI is InChI=1S/C16H15F3NO2P/c1-12(15(20-21)16(17,18)19)23(22,13-8-4-2-5-9-13)14-10-6-3-7-11-14/h2-12,21H,1H3/b20-15-. The predicted octanol–water partition coefficient (Wildman–Crippen LogP) is 3.78. The van der Waals surface area contributed by atoms with Crippen LogP contribution < -0.4 is 10.6 Å². The third kappa shape index (κ3) is 3.32. The number of hydrogen-bond donors (Lipinski definition) is 1. The molecule has 0 amide bonds. The van der Waals surface area contributed by atoms with Crippen molar-refractivity contribution in [1.29, 1.82) is 0 Å². The monoisotopic (exact) mass is 341 g/mol. The second-order valence-corrected chi connectivity index (χ2v) is 8.11. The van der Waals surface area contributed by atoms with Crippen molar-refractivity contribution >= 4 is 23.5 Å². The lowest BCUT2D eigenvalue weighted by molar-refractivity contribution is -0.0622. The number of halogens is 3. The minimum absolute atomic E-state index is 0.282. The summed E-state index contributed by atoms with van der Waals surface area (Å²) in [5, 5.41) is 11.8. The molecule has 1 unspecified atom stereocenters. The zero-order valence-corrected chi connectivity index (χ0v) is 13.1. The lowest BCUT2D eigenvalue weighted by Gasteiger charge is -2.27. The molecular weight excluding hydrogens is 326 g/mol. The molecular formula is C16H15F3NO2P. The van der Waals surface area contributed by atoms with Crippen LogP contribution in [0.2, 0.25) is 0 Å². The second kappa shape index (κ2) is 6.59. The molecule has 0 radical (unpaired) electrons. The average Bonchev–Trinajstić information content (AvgIpc) is 2.55. The summed E-state index contributed by atoms with van der Waals surface area (Å²) >= 11 is 0. The minimum atomic E-state index is -4.87. The number of rotatable bonds is 4. The summed E-state index contributed by atoms with van der Waals surface area (Å²) in [6.07, 6.45) is -4.87. The van der Waals surface area contributed by atoms with E-state index in [1.807, 2.05) is 0 Å². The Morgan fingerprint density at radius 2 is 1.39 bits per heavy atom. The average molecular weight is 341 g/mol. The maximum absolute atomic E-state index is 13.7. The smallest absolute Gasteiger partial charge is 0.411 e. The Morgan fingerprint density at radius 3 is 1.70 bits per heavy atom. The van der Waals surface area contributed by atoms with Gasteiger partial charge in [-0.05, 0) is 6.92 Å². The molecule has 7 heteroatoms. The molecule has 0 fully saturated rings. The van der Waals surface area contributed by atoms with Crippen LogP contribution in [0.25, 0.3) is 0 Å². The minimum Gasteiger partial charge on any atom is -0.411 e. The number of alkyl halides is 3. The molecule has 0 aromatic heterocycles. The van der Waals surface area contributed by atoms with Crippen molar-refractivity contribution in [2.24, 2.45) is 5.16 Å². The molecule has 0 saturated heterocycles. The maximum Gasteiger partial charge on any atom is 0.433 e. The number of benzene rings is 2. The summed E-state index contributed by atoms with van der Waals surface area (Å²) in [4.78, 5) is 0. The molecule has 0 heterocycles. The van der Waals surface area contributed by atoms with E-state index in [4.69, 9.17) is 5.21 Å². The summed E-state index contributed by atoms with van der Waals surface area (Å²) < 4.78 is 53.0. The third-order valence-electron chi connectivity index (χ3n) is 3.62. The Hall–Kier alpha value is -2.07. The zero-order chi connectivity index (χ0) is 17.1. The van der Waals surface area contributed by atoms with Gasteiger partial charge < -0.3 is 9.77 Å². The van der Waals surface area contributed by atoms with Crippen LogP contribution in [0.4, 0.5) is 13.2 Å². The van der Waals surface area contributed by atoms with Gasteiger partial charge in [0.15, 0.2) is 12.9 Å². The van der Waals surface area contributed by atoms with E-state index in [2.05, 4.69) is 5.16 Å². The lowest BCUT2D eigenvalue weighted by Crippen LogP contribution is -2.38. The van der Waals surface area contributed by atoms with Crippen molar-refractivity contribution in [2.45, 2.75) is 18.8 Å². The Bertz CT molecular complexity index is 686. The Morgan fingerprint density at radius 1 is 1.00 bits per heavy atom. The summed E-state index contributed by atoms with van der Waals surface area (Å²) in [7, 11) is -3.70. The van der Waals surface area contributed by atoms with Gasteiger partial charge in [0.25, 0.3) is 0 Å². The van der Waals surface area contributed by atoms with Crippen LogP contribution in [0.3, 0.4) is 0 Å². The zero-order valence-electron chi connectivity index (χ0n) is 12.2. The van der Waals surface area contributed by atoms with Gasteiger partial charge in [0, 0.05) is 10.6 Å². The van der Waals surface area contributed by atoms with Crippen LogP contribution in [0.5, 0.6) is 0 Å². The van der Waals surface area contributed by atoms with Crippen molar-refractivity contribution in [3.63, 3.8) is 0 Å². The number of hydrogen-bond acceptors (Lipinski definition) is 3. The summed E-state index contributed by atoms with van der Waals surface area (Å²) in [5.41, 5.74) is -2.97. The van der Waals surface area contributed by atoms with Gasteiger partial charge in [0.05, 0.1) is 5.66 Å². The molecule has 1 N–H and O–H groups in total. The molecule has 0 bridgehead atoms. The first-order valence-electron chi connectivity index (χ1n) is 6.82. The van der Waals surface area contributed by atoms with Gasteiger partial charge in [-0.1, -0.05) is 65.8 Å². The van der Waals surface area contributed by atoms with Gasteiger partial charge in [0.1, 0.15) is 0 Å². The first-order valence-corrected chi connectivity index (χ1v) is 8.59. The van der Waals surface area contributed by atoms with E-state index in [9.17, 15) is 17.7 Å². The molecule has 0 aliphatic carbocycles. The highest BCUT2D eigenvalue weighted by molar-refractivity contribution is 7.80. The molecule has 0 saturated carbocycles. The molecule has 1 atom stereocenters. The van der Waals surface area contributed by atoms with E-state index in [1.165, 1.54) is 31.2 Å². The molecule has 2 rings (SSSR count). The van der Waals surface area contributed by atoms with Crippen LogP contribution in [-0.4, -0.2) is 22.8 Å². The van der Waals surface area contributed by atoms with E-state index in [1.54, 1.807) is 36.4 Å². The third-order valence-corrected chi connectivity index (χ3v) is 7.08. The summed E-state index contributed by atoms with van der Waals surface area (Å²) in [6.45, 7) is 1.17. The quantitative estimate of drug-likeness (QED) is 0.398. The van der Waals surface area contributed by atoms with Crippen LogP contribution in [0.1, 0.15) is 6.92 Å². The van der Waals surface area contributed by atoms with Crippen LogP contribution in [-0.2, 0) is 4.57 Å². The van der Waals surface area contributed by atoms with Gasteiger partial charge in [-0.15, -0.1) is 0 Å². The Labute approximate surface area is 131 Å². The van der Waals surface area contributed by atoms with E-state index in [0.29, 0.717) is 0 Å². The van der Waals surface area contributed by atoms with Crippen molar-refractivity contribution in [1.82, 2.24) is 0 Å². The van der Waals surface area contributed by atoms with Crippen molar-refractivity contribution in [3.05, 3.63) is 60.7 Å². The fourth-order valence-electron chi connectivity index (χ4n) is 2.44.